The third-order valence-corrected chi connectivity index (χ3v) is 5.53. The number of fused-ring (bicyclic) bond motifs is 1. The number of hydrogen-bond donors (Lipinski definition) is 1. The summed E-state index contributed by atoms with van der Waals surface area (Å²) in [6, 6.07) is 5.74. The average molecular weight is 386 g/mol. The van der Waals surface area contributed by atoms with Crippen LogP contribution in [0.3, 0.4) is 0 Å². The van der Waals surface area contributed by atoms with Crippen molar-refractivity contribution in [2.45, 2.75) is 40.7 Å². The molecule has 2 aromatic heterocycles. The van der Waals surface area contributed by atoms with Gasteiger partial charge in [0.2, 0.25) is 0 Å². The molecule has 0 unspecified atom stereocenters. The summed E-state index contributed by atoms with van der Waals surface area (Å²) >= 11 is 1.46. The smallest absolute Gasteiger partial charge is 0.344 e. The van der Waals surface area contributed by atoms with E-state index in [0.717, 1.165) is 21.6 Å². The van der Waals surface area contributed by atoms with Crippen LogP contribution in [0.2, 0.25) is 0 Å². The molecule has 1 N–H and O–H groups in total. The highest BCUT2D eigenvalue weighted by Gasteiger charge is 2.18. The van der Waals surface area contributed by atoms with Crippen molar-refractivity contribution in [3.63, 3.8) is 0 Å². The number of hydrogen-bond acceptors (Lipinski definition) is 6. The van der Waals surface area contributed by atoms with Crippen LogP contribution in [0, 0.1) is 27.7 Å². The molecule has 0 saturated heterocycles. The number of carbonyl (C=O) groups excluding carboxylic acids is 1. The van der Waals surface area contributed by atoms with Gasteiger partial charge in [0, 0.05) is 4.88 Å². The first kappa shape index (κ1) is 19.1. The number of ether oxygens (including phenoxy) is 2. The average Bonchev–Trinajstić information content (AvgIpc) is 2.88. The minimum absolute atomic E-state index is 0.210. The van der Waals surface area contributed by atoms with Crippen LogP contribution in [0.1, 0.15) is 40.4 Å². The van der Waals surface area contributed by atoms with E-state index >= 15 is 0 Å². The van der Waals surface area contributed by atoms with Crippen molar-refractivity contribution >= 4 is 27.5 Å². The fourth-order valence-corrected chi connectivity index (χ4v) is 3.89. The Morgan fingerprint density at radius 1 is 1.26 bits per heavy atom. The van der Waals surface area contributed by atoms with E-state index in [4.69, 9.17) is 9.47 Å². The van der Waals surface area contributed by atoms with Crippen molar-refractivity contribution in [2.24, 2.45) is 0 Å². The summed E-state index contributed by atoms with van der Waals surface area (Å²) in [7, 11) is 0. The highest BCUT2D eigenvalue weighted by molar-refractivity contribution is 7.18. The number of nitrogens with zero attached hydrogens (tertiary/aromatic N) is 1. The zero-order valence-corrected chi connectivity index (χ0v) is 16.8. The lowest BCUT2D eigenvalue weighted by atomic mass is 10.1. The minimum Gasteiger partial charge on any atom is -0.482 e. The lowest BCUT2D eigenvalue weighted by Crippen LogP contribution is -2.20. The summed E-state index contributed by atoms with van der Waals surface area (Å²) in [6.07, 6.45) is -0.681. The second-order valence-electron chi connectivity index (χ2n) is 6.60. The van der Waals surface area contributed by atoms with Crippen molar-refractivity contribution in [3.8, 4) is 5.75 Å². The normalized spacial score (nSPS) is 12.2. The molecule has 1 atom stereocenters. The molecule has 7 heteroatoms. The van der Waals surface area contributed by atoms with Gasteiger partial charge in [-0.05, 0) is 51.8 Å². The summed E-state index contributed by atoms with van der Waals surface area (Å²) in [4.78, 5) is 33.3. The van der Waals surface area contributed by atoms with Gasteiger partial charge >= 0.3 is 5.97 Å². The summed E-state index contributed by atoms with van der Waals surface area (Å²) in [6.45, 7) is 9.23. The van der Waals surface area contributed by atoms with Crippen LogP contribution in [0.15, 0.2) is 23.0 Å². The van der Waals surface area contributed by atoms with Gasteiger partial charge in [-0.25, -0.2) is 9.78 Å². The SMILES string of the molecule is Cc1ccc(OCC(=O)O[C@@H](C)c2nc3sc(C)c(C)c3c(=O)[nH]2)c(C)c1. The summed E-state index contributed by atoms with van der Waals surface area (Å²) in [5.41, 5.74) is 2.80. The lowest BCUT2D eigenvalue weighted by Gasteiger charge is -2.14. The van der Waals surface area contributed by atoms with Gasteiger partial charge in [0.15, 0.2) is 18.5 Å². The number of aromatic nitrogens is 2. The molecule has 3 aromatic rings. The van der Waals surface area contributed by atoms with E-state index in [2.05, 4.69) is 9.97 Å². The highest BCUT2D eigenvalue weighted by Crippen LogP contribution is 2.27. The van der Waals surface area contributed by atoms with E-state index in [1.165, 1.54) is 11.3 Å². The Morgan fingerprint density at radius 3 is 2.70 bits per heavy atom. The highest BCUT2D eigenvalue weighted by atomic mass is 32.1. The van der Waals surface area contributed by atoms with E-state index in [-0.39, 0.29) is 12.2 Å². The first-order chi connectivity index (χ1) is 12.8. The number of aromatic amines is 1. The first-order valence-corrected chi connectivity index (χ1v) is 9.47. The number of nitrogens with one attached hydrogen (secondary N) is 1. The Hall–Kier alpha value is -2.67. The van der Waals surface area contributed by atoms with Gasteiger partial charge in [-0.15, -0.1) is 11.3 Å². The van der Waals surface area contributed by atoms with Crippen molar-refractivity contribution < 1.29 is 14.3 Å². The first-order valence-electron chi connectivity index (χ1n) is 8.65. The molecule has 142 valence electrons. The van der Waals surface area contributed by atoms with E-state index < -0.39 is 12.1 Å². The maximum Gasteiger partial charge on any atom is 0.344 e. The number of rotatable bonds is 5. The molecule has 0 amide bonds. The number of H-pyrrole nitrogens is 1. The van der Waals surface area contributed by atoms with Crippen molar-refractivity contribution in [2.75, 3.05) is 6.61 Å². The van der Waals surface area contributed by atoms with Crippen molar-refractivity contribution in [3.05, 3.63) is 55.9 Å². The van der Waals surface area contributed by atoms with E-state index in [0.29, 0.717) is 21.8 Å². The Balaban J connectivity index is 1.69. The molecule has 0 aliphatic rings. The molecule has 0 bridgehead atoms. The maximum absolute atomic E-state index is 12.3. The van der Waals surface area contributed by atoms with Crippen LogP contribution in [0.4, 0.5) is 0 Å². The van der Waals surface area contributed by atoms with Gasteiger partial charge in [-0.1, -0.05) is 17.7 Å². The fourth-order valence-electron chi connectivity index (χ4n) is 2.85. The van der Waals surface area contributed by atoms with Gasteiger partial charge < -0.3 is 14.5 Å². The molecule has 0 aliphatic carbocycles. The van der Waals surface area contributed by atoms with Gasteiger partial charge in [-0.2, -0.15) is 0 Å². The van der Waals surface area contributed by atoms with Gasteiger partial charge in [0.25, 0.3) is 5.56 Å². The quantitative estimate of drug-likeness (QED) is 0.673. The van der Waals surface area contributed by atoms with Crippen LogP contribution >= 0.6 is 11.3 Å². The van der Waals surface area contributed by atoms with Crippen molar-refractivity contribution in [1.82, 2.24) is 9.97 Å². The van der Waals surface area contributed by atoms with Gasteiger partial charge in [0.1, 0.15) is 10.6 Å². The number of carbonyl (C=O) groups is 1. The lowest BCUT2D eigenvalue weighted by molar-refractivity contribution is -0.151. The molecular weight excluding hydrogens is 364 g/mol. The molecule has 0 aliphatic heterocycles. The Kier molecular flexibility index (Phi) is 5.32. The molecule has 1 aromatic carbocycles. The van der Waals surface area contributed by atoms with Crippen LogP contribution in [-0.2, 0) is 9.53 Å². The number of esters is 1. The minimum atomic E-state index is -0.681. The van der Waals surface area contributed by atoms with Crippen LogP contribution < -0.4 is 10.3 Å². The van der Waals surface area contributed by atoms with E-state index in [9.17, 15) is 9.59 Å². The van der Waals surface area contributed by atoms with Crippen LogP contribution in [-0.4, -0.2) is 22.5 Å². The summed E-state index contributed by atoms with van der Waals surface area (Å²) in [5, 5.41) is 0.595. The zero-order valence-electron chi connectivity index (χ0n) is 16.0. The molecule has 3 rings (SSSR count). The predicted octanol–water partition coefficient (Wildman–Crippen LogP) is 3.90. The number of thiophene rings is 1. The maximum atomic E-state index is 12.3. The van der Waals surface area contributed by atoms with Gasteiger partial charge in [0.05, 0.1) is 5.39 Å². The second kappa shape index (κ2) is 7.52. The molecule has 6 nitrogen and oxygen atoms in total. The summed E-state index contributed by atoms with van der Waals surface area (Å²) in [5.74, 6) is 0.445. The van der Waals surface area contributed by atoms with Gasteiger partial charge in [-0.3, -0.25) is 4.79 Å². The zero-order chi connectivity index (χ0) is 19.7. The molecular formula is C20H22N2O4S. The van der Waals surface area contributed by atoms with E-state index in [1.807, 2.05) is 45.9 Å². The molecule has 0 radical (unpaired) electrons. The third-order valence-electron chi connectivity index (χ3n) is 4.43. The molecule has 0 fully saturated rings. The Labute approximate surface area is 161 Å². The number of benzene rings is 1. The molecule has 2 heterocycles. The fraction of sp³-hybridized carbons (Fsp3) is 0.350. The standard InChI is InChI=1S/C20H22N2O4S/c1-10-6-7-15(11(2)8-10)25-9-16(23)26-13(4)18-21-19(24)17-12(3)14(5)27-20(17)22-18/h6-8,13H,9H2,1-5H3,(H,21,22,24)/t13-/m0/s1. The Morgan fingerprint density at radius 2 is 2.00 bits per heavy atom. The topological polar surface area (TPSA) is 81.3 Å². The Bertz CT molecular complexity index is 1070. The predicted molar refractivity (Wildman–Crippen MR) is 106 cm³/mol. The van der Waals surface area contributed by atoms with Crippen LogP contribution in [0.5, 0.6) is 5.75 Å². The third kappa shape index (κ3) is 4.03. The van der Waals surface area contributed by atoms with Crippen molar-refractivity contribution in [1.29, 1.82) is 0 Å². The second-order valence-corrected chi connectivity index (χ2v) is 7.81. The molecule has 0 saturated carbocycles. The molecule has 0 spiro atoms. The molecule has 27 heavy (non-hydrogen) atoms. The monoisotopic (exact) mass is 386 g/mol. The largest absolute Gasteiger partial charge is 0.482 e. The van der Waals surface area contributed by atoms with Crippen LogP contribution in [0.25, 0.3) is 10.2 Å². The van der Waals surface area contributed by atoms with E-state index in [1.54, 1.807) is 6.92 Å². The summed E-state index contributed by atoms with van der Waals surface area (Å²) < 4.78 is 10.9. The number of aryl methyl sites for hydroxylation is 4.